The van der Waals surface area contributed by atoms with Gasteiger partial charge in [-0.1, -0.05) is 0 Å². The molecule has 0 radical (unpaired) electrons. The van der Waals surface area contributed by atoms with Crippen LogP contribution >= 0.6 is 0 Å². The molecule has 3 heterocycles. The molecule has 0 spiro atoms. The van der Waals surface area contributed by atoms with E-state index in [1.54, 1.807) is 30.5 Å². The van der Waals surface area contributed by atoms with Crippen molar-refractivity contribution in [1.29, 1.82) is 5.26 Å². The lowest BCUT2D eigenvalue weighted by molar-refractivity contribution is -0.148. The topological polar surface area (TPSA) is 102 Å². The molecule has 1 fully saturated rings. The predicted octanol–water partition coefficient (Wildman–Crippen LogP) is 2.37. The normalized spacial score (nSPS) is 15.9. The molecule has 0 unspecified atom stereocenters. The van der Waals surface area contributed by atoms with Gasteiger partial charge in [0.2, 0.25) is 0 Å². The standard InChI is InChI=1S/C22H21N3O5/c23-12-15-1-4-21(24-13-15)25-7-5-16(6-8-25)22(27)30-14-18(26)17-2-3-19-20(11-17)29-10-9-28-19/h1-4,11,13,16H,5-10,14H2. The average Bonchev–Trinajstić information content (AvgIpc) is 2.82. The summed E-state index contributed by atoms with van der Waals surface area (Å²) >= 11 is 0. The molecule has 8 nitrogen and oxygen atoms in total. The van der Waals surface area contributed by atoms with Crippen LogP contribution in [-0.2, 0) is 9.53 Å². The molecule has 2 aliphatic heterocycles. The molecular weight excluding hydrogens is 386 g/mol. The Morgan fingerprint density at radius 1 is 1.13 bits per heavy atom. The highest BCUT2D eigenvalue weighted by Gasteiger charge is 2.27. The largest absolute Gasteiger partial charge is 0.486 e. The number of Topliss-reactive ketones (excluding diaryl/α,β-unsaturated/α-hetero) is 1. The van der Waals surface area contributed by atoms with Crippen molar-refractivity contribution >= 4 is 17.6 Å². The lowest BCUT2D eigenvalue weighted by Gasteiger charge is -2.31. The number of ketones is 1. The van der Waals surface area contributed by atoms with Crippen molar-refractivity contribution in [3.8, 4) is 17.6 Å². The third-order valence-corrected chi connectivity index (χ3v) is 5.24. The van der Waals surface area contributed by atoms with Gasteiger partial charge in [-0.05, 0) is 43.2 Å². The van der Waals surface area contributed by atoms with Crippen LogP contribution in [0.25, 0.3) is 0 Å². The van der Waals surface area contributed by atoms with Crippen LogP contribution in [0.15, 0.2) is 36.5 Å². The maximum atomic E-state index is 12.4. The van der Waals surface area contributed by atoms with Gasteiger partial charge in [-0.2, -0.15) is 5.26 Å². The lowest BCUT2D eigenvalue weighted by Crippen LogP contribution is -2.37. The monoisotopic (exact) mass is 407 g/mol. The van der Waals surface area contributed by atoms with Crippen molar-refractivity contribution in [2.45, 2.75) is 12.8 Å². The van der Waals surface area contributed by atoms with Crippen molar-refractivity contribution in [2.75, 3.05) is 37.8 Å². The number of benzene rings is 1. The van der Waals surface area contributed by atoms with Crippen LogP contribution in [0.3, 0.4) is 0 Å². The van der Waals surface area contributed by atoms with Crippen LogP contribution in [0.1, 0.15) is 28.8 Å². The highest BCUT2D eigenvalue weighted by molar-refractivity contribution is 5.98. The van der Waals surface area contributed by atoms with Crippen LogP contribution in [-0.4, -0.2) is 49.6 Å². The predicted molar refractivity (Wildman–Crippen MR) is 107 cm³/mol. The molecule has 154 valence electrons. The maximum absolute atomic E-state index is 12.4. The fourth-order valence-electron chi connectivity index (χ4n) is 3.54. The van der Waals surface area contributed by atoms with Crippen molar-refractivity contribution in [1.82, 2.24) is 4.98 Å². The van der Waals surface area contributed by atoms with E-state index < -0.39 is 0 Å². The molecule has 0 amide bonds. The second kappa shape index (κ2) is 8.82. The summed E-state index contributed by atoms with van der Waals surface area (Å²) in [5.74, 6) is 1.05. The molecule has 4 rings (SSSR count). The number of aromatic nitrogens is 1. The fraction of sp³-hybridized carbons (Fsp3) is 0.364. The number of hydrogen-bond acceptors (Lipinski definition) is 8. The van der Waals surface area contributed by atoms with Crippen LogP contribution in [0.4, 0.5) is 5.82 Å². The Morgan fingerprint density at radius 2 is 1.90 bits per heavy atom. The number of anilines is 1. The number of piperidine rings is 1. The van der Waals surface area contributed by atoms with Gasteiger partial charge < -0.3 is 19.1 Å². The van der Waals surface area contributed by atoms with Gasteiger partial charge in [0.1, 0.15) is 25.1 Å². The number of carbonyl (C=O) groups excluding carboxylic acids is 2. The summed E-state index contributed by atoms with van der Waals surface area (Å²) in [5.41, 5.74) is 0.939. The first-order chi connectivity index (χ1) is 14.6. The third kappa shape index (κ3) is 4.35. The van der Waals surface area contributed by atoms with E-state index in [1.165, 1.54) is 0 Å². The van der Waals surface area contributed by atoms with Gasteiger partial charge in [0, 0.05) is 24.8 Å². The van der Waals surface area contributed by atoms with Crippen LogP contribution in [0, 0.1) is 17.2 Å². The van der Waals surface area contributed by atoms with Crippen LogP contribution in [0.2, 0.25) is 0 Å². The fourth-order valence-corrected chi connectivity index (χ4v) is 3.54. The number of esters is 1. The molecule has 1 aromatic carbocycles. The summed E-state index contributed by atoms with van der Waals surface area (Å²) in [6.45, 7) is 1.95. The quantitative estimate of drug-likeness (QED) is 0.550. The second-order valence-corrected chi connectivity index (χ2v) is 7.17. The summed E-state index contributed by atoms with van der Waals surface area (Å²) in [4.78, 5) is 31.2. The Kier molecular flexibility index (Phi) is 5.80. The van der Waals surface area contributed by atoms with Crippen LogP contribution in [0.5, 0.6) is 11.5 Å². The van der Waals surface area contributed by atoms with E-state index >= 15 is 0 Å². The zero-order chi connectivity index (χ0) is 20.9. The molecule has 2 aliphatic rings. The van der Waals surface area contributed by atoms with Gasteiger partial charge in [-0.15, -0.1) is 0 Å². The molecule has 2 aromatic rings. The second-order valence-electron chi connectivity index (χ2n) is 7.17. The minimum absolute atomic E-state index is 0.243. The molecule has 0 saturated carbocycles. The molecule has 0 atom stereocenters. The number of ether oxygens (including phenoxy) is 3. The summed E-state index contributed by atoms with van der Waals surface area (Å²) in [6.07, 6.45) is 2.79. The number of nitrogens with zero attached hydrogens (tertiary/aromatic N) is 3. The van der Waals surface area contributed by atoms with E-state index in [0.717, 1.165) is 5.82 Å². The Balaban J connectivity index is 1.26. The lowest BCUT2D eigenvalue weighted by atomic mass is 9.97. The minimum atomic E-state index is -0.353. The smallest absolute Gasteiger partial charge is 0.309 e. The molecule has 0 aliphatic carbocycles. The number of rotatable bonds is 5. The van der Waals surface area contributed by atoms with E-state index in [9.17, 15) is 9.59 Å². The van der Waals surface area contributed by atoms with E-state index in [-0.39, 0.29) is 24.3 Å². The first-order valence-electron chi connectivity index (χ1n) is 9.84. The molecule has 1 saturated heterocycles. The third-order valence-electron chi connectivity index (χ3n) is 5.24. The van der Waals surface area contributed by atoms with Crippen molar-refractivity contribution < 1.29 is 23.8 Å². The van der Waals surface area contributed by atoms with E-state index in [4.69, 9.17) is 19.5 Å². The Labute approximate surface area is 174 Å². The number of fused-ring (bicyclic) bond motifs is 1. The molecule has 30 heavy (non-hydrogen) atoms. The van der Waals surface area contributed by atoms with Crippen molar-refractivity contribution in [2.24, 2.45) is 5.92 Å². The Hall–Kier alpha value is -3.60. The number of carbonyl (C=O) groups is 2. The maximum Gasteiger partial charge on any atom is 0.309 e. The Morgan fingerprint density at radius 3 is 2.60 bits per heavy atom. The van der Waals surface area contributed by atoms with Gasteiger partial charge >= 0.3 is 5.97 Å². The van der Waals surface area contributed by atoms with E-state index in [2.05, 4.69) is 9.88 Å². The average molecular weight is 407 g/mol. The Bertz CT molecular complexity index is 975. The van der Waals surface area contributed by atoms with Crippen LogP contribution < -0.4 is 14.4 Å². The number of nitriles is 1. The van der Waals surface area contributed by atoms with Gasteiger partial charge in [0.05, 0.1) is 11.5 Å². The van der Waals surface area contributed by atoms with E-state index in [1.807, 2.05) is 12.1 Å². The summed E-state index contributed by atoms with van der Waals surface area (Å²) in [7, 11) is 0. The van der Waals surface area contributed by atoms with Gasteiger partial charge in [0.25, 0.3) is 0 Å². The van der Waals surface area contributed by atoms with Gasteiger partial charge in [0.15, 0.2) is 23.9 Å². The first kappa shape index (κ1) is 19.7. The van der Waals surface area contributed by atoms with Crippen molar-refractivity contribution in [3.05, 3.63) is 47.7 Å². The van der Waals surface area contributed by atoms with Gasteiger partial charge in [-0.3, -0.25) is 9.59 Å². The first-order valence-corrected chi connectivity index (χ1v) is 9.84. The summed E-state index contributed by atoms with van der Waals surface area (Å²) < 4.78 is 16.2. The van der Waals surface area contributed by atoms with Gasteiger partial charge in [-0.25, -0.2) is 4.98 Å². The van der Waals surface area contributed by atoms with E-state index in [0.29, 0.717) is 61.8 Å². The summed E-state index contributed by atoms with van der Waals surface area (Å²) in [6, 6.07) is 10.5. The SMILES string of the molecule is N#Cc1ccc(N2CCC(C(=O)OCC(=O)c3ccc4c(c3)OCCO4)CC2)nc1. The zero-order valence-electron chi connectivity index (χ0n) is 16.4. The zero-order valence-corrected chi connectivity index (χ0v) is 16.4. The summed E-state index contributed by atoms with van der Waals surface area (Å²) in [5, 5.41) is 8.86. The molecular formula is C22H21N3O5. The molecule has 0 N–H and O–H groups in total. The molecule has 8 heteroatoms. The number of pyridine rings is 1. The highest BCUT2D eigenvalue weighted by atomic mass is 16.6. The minimum Gasteiger partial charge on any atom is -0.486 e. The highest BCUT2D eigenvalue weighted by Crippen LogP contribution is 2.31. The van der Waals surface area contributed by atoms with Crippen molar-refractivity contribution in [3.63, 3.8) is 0 Å². The molecule has 1 aromatic heterocycles. The molecule has 0 bridgehead atoms. The number of hydrogen-bond donors (Lipinski definition) is 0.